The molecule has 0 aliphatic carbocycles. The van der Waals surface area contributed by atoms with Crippen molar-refractivity contribution in [3.8, 4) is 0 Å². The van der Waals surface area contributed by atoms with E-state index in [1.165, 1.54) is 29.3 Å². The van der Waals surface area contributed by atoms with Crippen molar-refractivity contribution in [3.05, 3.63) is 42.2 Å². The highest BCUT2D eigenvalue weighted by molar-refractivity contribution is 5.84. The van der Waals surface area contributed by atoms with Gasteiger partial charge in [0.1, 0.15) is 0 Å². The standard InChI is InChI=1S/C18H24N2/c1-13(2)11-15-12-19-9-8-17(15)18-16-6-4-3-5-14(16)7-10-20-18/h3-7,10,13,15,17,19H,8-9,11-12H2,1-2H3. The van der Waals surface area contributed by atoms with Gasteiger partial charge in [-0.05, 0) is 49.2 Å². The first-order chi connectivity index (χ1) is 9.75. The number of benzene rings is 1. The predicted molar refractivity (Wildman–Crippen MR) is 84.9 cm³/mol. The van der Waals surface area contributed by atoms with Crippen LogP contribution in [0.2, 0.25) is 0 Å². The molecule has 2 aromatic rings. The Hall–Kier alpha value is -1.41. The van der Waals surface area contributed by atoms with Crippen LogP contribution in [0.5, 0.6) is 0 Å². The molecule has 2 heteroatoms. The third kappa shape index (κ3) is 2.71. The topological polar surface area (TPSA) is 24.9 Å². The first-order valence-electron chi connectivity index (χ1n) is 7.80. The van der Waals surface area contributed by atoms with Crippen molar-refractivity contribution in [3.63, 3.8) is 0 Å². The molecule has 20 heavy (non-hydrogen) atoms. The van der Waals surface area contributed by atoms with Crippen molar-refractivity contribution in [1.29, 1.82) is 0 Å². The molecule has 1 aromatic heterocycles. The van der Waals surface area contributed by atoms with Crippen LogP contribution in [0.4, 0.5) is 0 Å². The molecule has 1 saturated heterocycles. The van der Waals surface area contributed by atoms with Gasteiger partial charge in [0.05, 0.1) is 5.69 Å². The summed E-state index contributed by atoms with van der Waals surface area (Å²) in [7, 11) is 0. The molecule has 3 rings (SSSR count). The molecule has 2 unspecified atom stereocenters. The molecule has 2 nitrogen and oxygen atoms in total. The average molecular weight is 268 g/mol. The number of piperidine rings is 1. The van der Waals surface area contributed by atoms with E-state index in [0.717, 1.165) is 19.0 Å². The first kappa shape index (κ1) is 13.6. The Kier molecular flexibility index (Phi) is 4.02. The normalized spacial score (nSPS) is 23.4. The number of nitrogens with one attached hydrogen (secondary N) is 1. The van der Waals surface area contributed by atoms with Gasteiger partial charge < -0.3 is 5.32 Å². The highest BCUT2D eigenvalue weighted by atomic mass is 14.9. The number of fused-ring (bicyclic) bond motifs is 1. The van der Waals surface area contributed by atoms with Gasteiger partial charge >= 0.3 is 0 Å². The quantitative estimate of drug-likeness (QED) is 0.911. The smallest absolute Gasteiger partial charge is 0.0516 e. The molecule has 0 bridgehead atoms. The fourth-order valence-electron chi connectivity index (χ4n) is 3.57. The Balaban J connectivity index is 1.99. The molecular weight excluding hydrogens is 244 g/mol. The summed E-state index contributed by atoms with van der Waals surface area (Å²) >= 11 is 0. The van der Waals surface area contributed by atoms with Gasteiger partial charge in [-0.2, -0.15) is 0 Å². The lowest BCUT2D eigenvalue weighted by Gasteiger charge is -2.33. The summed E-state index contributed by atoms with van der Waals surface area (Å²) in [6, 6.07) is 10.8. The van der Waals surface area contributed by atoms with Crippen molar-refractivity contribution >= 4 is 10.8 Å². The summed E-state index contributed by atoms with van der Waals surface area (Å²) in [4.78, 5) is 4.76. The van der Waals surface area contributed by atoms with Crippen LogP contribution >= 0.6 is 0 Å². The third-order valence-corrected chi connectivity index (χ3v) is 4.44. The monoisotopic (exact) mass is 268 g/mol. The van der Waals surface area contributed by atoms with Gasteiger partial charge in [0.15, 0.2) is 0 Å². The molecule has 0 amide bonds. The van der Waals surface area contributed by atoms with Crippen LogP contribution in [0.15, 0.2) is 36.5 Å². The average Bonchev–Trinajstić information content (AvgIpc) is 2.47. The van der Waals surface area contributed by atoms with Gasteiger partial charge in [0.2, 0.25) is 0 Å². The van der Waals surface area contributed by atoms with Crippen molar-refractivity contribution in [1.82, 2.24) is 10.3 Å². The van der Waals surface area contributed by atoms with Gasteiger partial charge in [0, 0.05) is 17.5 Å². The zero-order chi connectivity index (χ0) is 13.9. The van der Waals surface area contributed by atoms with Crippen LogP contribution in [0.25, 0.3) is 10.8 Å². The predicted octanol–water partition coefficient (Wildman–Crippen LogP) is 3.97. The number of pyridine rings is 1. The zero-order valence-corrected chi connectivity index (χ0v) is 12.5. The molecule has 1 aromatic carbocycles. The summed E-state index contributed by atoms with van der Waals surface area (Å²) in [5, 5.41) is 6.22. The van der Waals surface area contributed by atoms with Crippen LogP contribution in [0.3, 0.4) is 0 Å². The largest absolute Gasteiger partial charge is 0.316 e. The minimum Gasteiger partial charge on any atom is -0.316 e. The molecule has 1 fully saturated rings. The SMILES string of the molecule is CC(C)CC1CNCCC1c1nccc2ccccc12. The Morgan fingerprint density at radius 3 is 2.95 bits per heavy atom. The van der Waals surface area contributed by atoms with Crippen molar-refractivity contribution < 1.29 is 0 Å². The van der Waals surface area contributed by atoms with E-state index in [-0.39, 0.29) is 0 Å². The van der Waals surface area contributed by atoms with Crippen molar-refractivity contribution in [2.45, 2.75) is 32.6 Å². The van der Waals surface area contributed by atoms with Crippen molar-refractivity contribution in [2.24, 2.45) is 11.8 Å². The van der Waals surface area contributed by atoms with E-state index < -0.39 is 0 Å². The van der Waals surface area contributed by atoms with Gasteiger partial charge in [-0.3, -0.25) is 4.98 Å². The van der Waals surface area contributed by atoms with E-state index in [9.17, 15) is 0 Å². The maximum absolute atomic E-state index is 4.76. The van der Waals surface area contributed by atoms with E-state index >= 15 is 0 Å². The fraction of sp³-hybridized carbons (Fsp3) is 0.500. The van der Waals surface area contributed by atoms with Gasteiger partial charge in [0.25, 0.3) is 0 Å². The van der Waals surface area contributed by atoms with E-state index in [0.29, 0.717) is 11.8 Å². The van der Waals surface area contributed by atoms with E-state index in [4.69, 9.17) is 4.98 Å². The molecule has 1 aliphatic rings. The van der Waals surface area contributed by atoms with E-state index in [2.05, 4.69) is 49.5 Å². The molecule has 0 saturated carbocycles. The summed E-state index contributed by atoms with van der Waals surface area (Å²) in [6.07, 6.45) is 4.47. The minimum absolute atomic E-state index is 0.602. The summed E-state index contributed by atoms with van der Waals surface area (Å²) in [5.41, 5.74) is 1.32. The number of rotatable bonds is 3. The van der Waals surface area contributed by atoms with Crippen LogP contribution < -0.4 is 5.32 Å². The Morgan fingerprint density at radius 2 is 2.10 bits per heavy atom. The summed E-state index contributed by atoms with van der Waals surface area (Å²) < 4.78 is 0. The fourth-order valence-corrected chi connectivity index (χ4v) is 3.57. The maximum Gasteiger partial charge on any atom is 0.0516 e. The van der Waals surface area contributed by atoms with Crippen molar-refractivity contribution in [2.75, 3.05) is 13.1 Å². The van der Waals surface area contributed by atoms with Crippen LogP contribution in [-0.2, 0) is 0 Å². The van der Waals surface area contributed by atoms with Crippen LogP contribution in [0.1, 0.15) is 38.3 Å². The first-order valence-corrected chi connectivity index (χ1v) is 7.80. The Labute approximate surface area is 121 Å². The molecule has 2 heterocycles. The van der Waals surface area contributed by atoms with E-state index in [1.807, 2.05) is 6.20 Å². The highest BCUT2D eigenvalue weighted by Crippen LogP contribution is 2.36. The summed E-state index contributed by atoms with van der Waals surface area (Å²) in [6.45, 7) is 6.89. The van der Waals surface area contributed by atoms with Crippen LogP contribution in [-0.4, -0.2) is 18.1 Å². The Bertz CT molecular complexity index is 571. The lowest BCUT2D eigenvalue weighted by Crippen LogP contribution is -2.36. The molecule has 1 aliphatic heterocycles. The summed E-state index contributed by atoms with van der Waals surface area (Å²) in [5.74, 6) is 2.06. The number of hydrogen-bond donors (Lipinski definition) is 1. The second-order valence-corrected chi connectivity index (χ2v) is 6.41. The van der Waals surface area contributed by atoms with Gasteiger partial charge in [-0.15, -0.1) is 0 Å². The lowest BCUT2D eigenvalue weighted by molar-refractivity contribution is 0.278. The molecule has 106 valence electrons. The lowest BCUT2D eigenvalue weighted by atomic mass is 9.78. The maximum atomic E-state index is 4.76. The highest BCUT2D eigenvalue weighted by Gasteiger charge is 2.28. The zero-order valence-electron chi connectivity index (χ0n) is 12.5. The third-order valence-electron chi connectivity index (χ3n) is 4.44. The van der Waals surface area contributed by atoms with Crippen LogP contribution in [0, 0.1) is 11.8 Å². The molecule has 0 radical (unpaired) electrons. The molecule has 2 atom stereocenters. The van der Waals surface area contributed by atoms with Gasteiger partial charge in [-0.25, -0.2) is 0 Å². The second kappa shape index (κ2) is 5.92. The minimum atomic E-state index is 0.602. The molecule has 0 spiro atoms. The second-order valence-electron chi connectivity index (χ2n) is 6.41. The van der Waals surface area contributed by atoms with E-state index in [1.54, 1.807) is 0 Å². The molecular formula is C18H24N2. The van der Waals surface area contributed by atoms with Gasteiger partial charge in [-0.1, -0.05) is 38.1 Å². The number of aromatic nitrogens is 1. The molecule has 1 N–H and O–H groups in total. The number of hydrogen-bond acceptors (Lipinski definition) is 2. The Morgan fingerprint density at radius 1 is 1.25 bits per heavy atom. The number of nitrogens with zero attached hydrogens (tertiary/aromatic N) is 1.